The van der Waals surface area contributed by atoms with Gasteiger partial charge in [0.15, 0.2) is 0 Å². The molecule has 1 aliphatic carbocycles. The molecule has 0 radical (unpaired) electrons. The second-order valence-electron chi connectivity index (χ2n) is 7.22. The van der Waals surface area contributed by atoms with E-state index in [1.54, 1.807) is 20.8 Å². The maximum Gasteiger partial charge on any atom is 0.408 e. The van der Waals surface area contributed by atoms with E-state index in [1.807, 2.05) is 0 Å². The average molecular weight is 299 g/mol. The predicted octanol–water partition coefficient (Wildman–Crippen LogP) is 2.32. The SMILES string of the molecule is CC(C)(C)OC(=O)NC1(C2(CC(=O)O)CCC2)CCOC1. The summed E-state index contributed by atoms with van der Waals surface area (Å²) in [7, 11) is 0. The van der Waals surface area contributed by atoms with Crippen LogP contribution in [0.3, 0.4) is 0 Å². The number of carbonyl (C=O) groups is 2. The van der Waals surface area contributed by atoms with Gasteiger partial charge in [0, 0.05) is 12.0 Å². The van der Waals surface area contributed by atoms with Crippen molar-refractivity contribution in [2.45, 2.75) is 64.0 Å². The molecule has 0 aromatic rings. The van der Waals surface area contributed by atoms with Gasteiger partial charge < -0.3 is 19.9 Å². The largest absolute Gasteiger partial charge is 0.481 e. The van der Waals surface area contributed by atoms with Crippen molar-refractivity contribution in [2.75, 3.05) is 13.2 Å². The minimum atomic E-state index is -0.827. The van der Waals surface area contributed by atoms with Gasteiger partial charge in [-0.25, -0.2) is 4.79 Å². The van der Waals surface area contributed by atoms with Gasteiger partial charge in [0.1, 0.15) is 5.60 Å². The van der Waals surface area contributed by atoms with Gasteiger partial charge in [-0.1, -0.05) is 6.42 Å². The number of nitrogens with one attached hydrogen (secondary N) is 1. The highest BCUT2D eigenvalue weighted by Crippen LogP contribution is 2.54. The lowest BCUT2D eigenvalue weighted by atomic mass is 9.55. The minimum absolute atomic E-state index is 0.0617. The van der Waals surface area contributed by atoms with E-state index in [2.05, 4.69) is 5.32 Å². The second kappa shape index (κ2) is 5.48. The van der Waals surface area contributed by atoms with Gasteiger partial charge in [-0.3, -0.25) is 4.79 Å². The van der Waals surface area contributed by atoms with Gasteiger partial charge in [0.25, 0.3) is 0 Å². The Kier molecular flexibility index (Phi) is 4.19. The molecule has 1 saturated heterocycles. The zero-order valence-corrected chi connectivity index (χ0v) is 13.0. The standard InChI is InChI=1S/C15H25NO5/c1-13(2,3)21-12(19)16-15(7-8-20-10-15)14(5-4-6-14)9-11(17)18/h4-10H2,1-3H3,(H,16,19)(H,17,18). The third-order valence-corrected chi connectivity index (χ3v) is 4.58. The summed E-state index contributed by atoms with van der Waals surface area (Å²) in [6.45, 7) is 6.32. The first-order chi connectivity index (χ1) is 9.68. The number of carbonyl (C=O) groups excluding carboxylic acids is 1. The molecule has 120 valence electrons. The van der Waals surface area contributed by atoms with Crippen LogP contribution in [0, 0.1) is 5.41 Å². The Balaban J connectivity index is 2.16. The number of amides is 1. The van der Waals surface area contributed by atoms with Gasteiger partial charge in [0.2, 0.25) is 0 Å². The maximum atomic E-state index is 12.2. The molecule has 0 bridgehead atoms. The first kappa shape index (κ1) is 16.1. The topological polar surface area (TPSA) is 84.9 Å². The van der Waals surface area contributed by atoms with E-state index in [1.165, 1.54) is 0 Å². The Morgan fingerprint density at radius 1 is 1.29 bits per heavy atom. The van der Waals surface area contributed by atoms with Crippen molar-refractivity contribution < 1.29 is 24.2 Å². The fourth-order valence-corrected chi connectivity index (χ4v) is 3.43. The molecular weight excluding hydrogens is 274 g/mol. The van der Waals surface area contributed by atoms with Gasteiger partial charge in [0.05, 0.1) is 18.6 Å². The van der Waals surface area contributed by atoms with E-state index in [9.17, 15) is 14.7 Å². The predicted molar refractivity (Wildman–Crippen MR) is 76.1 cm³/mol. The Labute approximate surface area is 125 Å². The summed E-state index contributed by atoms with van der Waals surface area (Å²) in [4.78, 5) is 23.4. The van der Waals surface area contributed by atoms with Crippen LogP contribution in [-0.2, 0) is 14.3 Å². The van der Waals surface area contributed by atoms with Crippen LogP contribution in [0.25, 0.3) is 0 Å². The quantitative estimate of drug-likeness (QED) is 0.832. The molecule has 2 aliphatic rings. The maximum absolute atomic E-state index is 12.2. The molecule has 21 heavy (non-hydrogen) atoms. The van der Waals surface area contributed by atoms with Crippen LogP contribution in [0.2, 0.25) is 0 Å². The molecule has 2 rings (SSSR count). The Morgan fingerprint density at radius 3 is 2.33 bits per heavy atom. The molecule has 0 spiro atoms. The highest BCUT2D eigenvalue weighted by atomic mass is 16.6. The number of hydrogen-bond donors (Lipinski definition) is 2. The molecule has 1 unspecified atom stereocenters. The van der Waals surface area contributed by atoms with Crippen LogP contribution in [0.5, 0.6) is 0 Å². The Hall–Kier alpha value is -1.30. The minimum Gasteiger partial charge on any atom is -0.481 e. The molecular formula is C15H25NO5. The number of alkyl carbamates (subject to hydrolysis) is 1. The lowest BCUT2D eigenvalue weighted by Gasteiger charge is -2.53. The van der Waals surface area contributed by atoms with Crippen molar-refractivity contribution in [3.8, 4) is 0 Å². The molecule has 1 saturated carbocycles. The summed E-state index contributed by atoms with van der Waals surface area (Å²) in [5.41, 5.74) is -1.61. The highest BCUT2D eigenvalue weighted by Gasteiger charge is 2.58. The lowest BCUT2D eigenvalue weighted by molar-refractivity contribution is -0.145. The van der Waals surface area contributed by atoms with Crippen LogP contribution in [0.15, 0.2) is 0 Å². The van der Waals surface area contributed by atoms with Crippen molar-refractivity contribution in [1.29, 1.82) is 0 Å². The third-order valence-electron chi connectivity index (χ3n) is 4.58. The molecule has 0 aromatic heterocycles. The molecule has 6 nitrogen and oxygen atoms in total. The van der Waals surface area contributed by atoms with Crippen molar-refractivity contribution in [2.24, 2.45) is 5.41 Å². The van der Waals surface area contributed by atoms with Crippen molar-refractivity contribution in [3.63, 3.8) is 0 Å². The average Bonchev–Trinajstić information content (AvgIpc) is 2.69. The van der Waals surface area contributed by atoms with E-state index >= 15 is 0 Å². The van der Waals surface area contributed by atoms with Crippen molar-refractivity contribution in [1.82, 2.24) is 5.32 Å². The van der Waals surface area contributed by atoms with Gasteiger partial charge in [-0.2, -0.15) is 0 Å². The number of rotatable bonds is 4. The van der Waals surface area contributed by atoms with Crippen LogP contribution in [-0.4, -0.2) is 41.5 Å². The molecule has 1 atom stereocenters. The second-order valence-corrected chi connectivity index (χ2v) is 7.22. The third kappa shape index (κ3) is 3.31. The summed E-state index contributed by atoms with van der Waals surface area (Å²) < 4.78 is 10.8. The summed E-state index contributed by atoms with van der Waals surface area (Å²) in [6.07, 6.45) is 2.80. The molecule has 1 heterocycles. The molecule has 0 aromatic carbocycles. The molecule has 1 amide bonds. The number of carboxylic acids is 1. The van der Waals surface area contributed by atoms with Crippen LogP contribution in [0.4, 0.5) is 4.79 Å². The number of ether oxygens (including phenoxy) is 2. The van der Waals surface area contributed by atoms with E-state index in [0.717, 1.165) is 19.3 Å². The van der Waals surface area contributed by atoms with Crippen molar-refractivity contribution in [3.05, 3.63) is 0 Å². The normalized spacial score (nSPS) is 27.8. The summed E-state index contributed by atoms with van der Waals surface area (Å²) in [6, 6.07) is 0. The smallest absolute Gasteiger partial charge is 0.408 e. The van der Waals surface area contributed by atoms with Crippen LogP contribution in [0.1, 0.15) is 52.9 Å². The first-order valence-corrected chi connectivity index (χ1v) is 7.49. The van der Waals surface area contributed by atoms with Gasteiger partial charge >= 0.3 is 12.1 Å². The fourth-order valence-electron chi connectivity index (χ4n) is 3.43. The molecule has 1 aliphatic heterocycles. The number of carboxylic acid groups (broad SMARTS) is 1. The van der Waals surface area contributed by atoms with E-state index in [4.69, 9.17) is 9.47 Å². The number of hydrogen-bond acceptors (Lipinski definition) is 4. The monoisotopic (exact) mass is 299 g/mol. The molecule has 2 N–H and O–H groups in total. The van der Waals surface area contributed by atoms with Crippen LogP contribution >= 0.6 is 0 Å². The zero-order valence-electron chi connectivity index (χ0n) is 13.0. The van der Waals surface area contributed by atoms with Gasteiger partial charge in [-0.05, 0) is 40.0 Å². The van der Waals surface area contributed by atoms with E-state index < -0.39 is 28.6 Å². The Morgan fingerprint density at radius 2 is 1.95 bits per heavy atom. The zero-order chi connectivity index (χ0) is 15.7. The summed E-state index contributed by atoms with van der Waals surface area (Å²) in [5, 5.41) is 12.2. The lowest BCUT2D eigenvalue weighted by Crippen LogP contribution is -2.64. The highest BCUT2D eigenvalue weighted by molar-refractivity contribution is 5.71. The Bertz CT molecular complexity index is 416. The van der Waals surface area contributed by atoms with Gasteiger partial charge in [-0.15, -0.1) is 0 Å². The van der Waals surface area contributed by atoms with Crippen molar-refractivity contribution >= 4 is 12.1 Å². The van der Waals surface area contributed by atoms with E-state index in [-0.39, 0.29) is 6.42 Å². The summed E-state index contributed by atoms with van der Waals surface area (Å²) in [5.74, 6) is -0.827. The number of aliphatic carboxylic acids is 1. The molecule has 2 fully saturated rings. The summed E-state index contributed by atoms with van der Waals surface area (Å²) >= 11 is 0. The van der Waals surface area contributed by atoms with Crippen LogP contribution < -0.4 is 5.32 Å². The van der Waals surface area contributed by atoms with E-state index in [0.29, 0.717) is 19.6 Å². The fraction of sp³-hybridized carbons (Fsp3) is 0.867. The molecule has 6 heteroatoms. The first-order valence-electron chi connectivity index (χ1n) is 7.49.